The first-order valence-corrected chi connectivity index (χ1v) is 8.09. The second kappa shape index (κ2) is 7.48. The summed E-state index contributed by atoms with van der Waals surface area (Å²) in [6.07, 6.45) is 3.58. The Hall–Kier alpha value is -2.05. The van der Waals surface area contributed by atoms with Crippen molar-refractivity contribution in [2.75, 3.05) is 19.6 Å². The van der Waals surface area contributed by atoms with E-state index in [1.165, 1.54) is 0 Å². The smallest absolute Gasteiger partial charge is 0.407 e. The highest BCUT2D eigenvalue weighted by molar-refractivity contribution is 5.77. The van der Waals surface area contributed by atoms with Crippen LogP contribution in [0.15, 0.2) is 12.3 Å². The Bertz CT molecular complexity index is 522. The molecule has 2 heterocycles. The molecule has 1 aromatic rings. The number of alkyl carbamates (subject to hydrolysis) is 1. The molecule has 1 aromatic heterocycles. The van der Waals surface area contributed by atoms with Crippen LogP contribution in [-0.4, -0.2) is 52.3 Å². The molecule has 1 saturated heterocycles. The molecule has 0 bridgehead atoms. The van der Waals surface area contributed by atoms with E-state index in [4.69, 9.17) is 4.74 Å². The van der Waals surface area contributed by atoms with E-state index in [9.17, 15) is 9.59 Å². The van der Waals surface area contributed by atoms with Gasteiger partial charge >= 0.3 is 6.09 Å². The van der Waals surface area contributed by atoms with Gasteiger partial charge in [-0.2, -0.15) is 5.10 Å². The minimum absolute atomic E-state index is 0.0604. The molecule has 7 nitrogen and oxygen atoms in total. The van der Waals surface area contributed by atoms with E-state index in [-0.39, 0.29) is 12.3 Å². The van der Waals surface area contributed by atoms with E-state index in [2.05, 4.69) is 15.5 Å². The molecule has 0 saturated carbocycles. The molecule has 1 aliphatic rings. The number of carbonyl (C=O) groups is 2. The molecule has 0 aliphatic carbocycles. The van der Waals surface area contributed by atoms with Crippen molar-refractivity contribution < 1.29 is 14.3 Å². The number of carbonyl (C=O) groups excluding carboxylic acids is 2. The van der Waals surface area contributed by atoms with Crippen LogP contribution in [-0.2, 0) is 9.53 Å². The number of H-pyrrole nitrogens is 1. The summed E-state index contributed by atoms with van der Waals surface area (Å²) in [5.74, 6) is 0.374. The zero-order chi connectivity index (χ0) is 16.9. The van der Waals surface area contributed by atoms with Crippen LogP contribution in [0.25, 0.3) is 0 Å². The van der Waals surface area contributed by atoms with Gasteiger partial charge in [0, 0.05) is 43.9 Å². The molecule has 0 spiro atoms. The van der Waals surface area contributed by atoms with Crippen molar-refractivity contribution in [3.05, 3.63) is 18.0 Å². The molecule has 1 fully saturated rings. The molecule has 0 unspecified atom stereocenters. The third-order valence-corrected chi connectivity index (χ3v) is 3.74. The lowest BCUT2D eigenvalue weighted by Gasteiger charge is -2.32. The second-order valence-corrected chi connectivity index (χ2v) is 6.87. The van der Waals surface area contributed by atoms with Gasteiger partial charge in [-0.05, 0) is 39.7 Å². The Balaban J connectivity index is 1.74. The van der Waals surface area contributed by atoms with E-state index in [1.54, 1.807) is 27.0 Å². The highest BCUT2D eigenvalue weighted by Gasteiger charge is 2.25. The van der Waals surface area contributed by atoms with E-state index in [1.807, 2.05) is 11.0 Å². The van der Waals surface area contributed by atoms with Crippen LogP contribution in [0.4, 0.5) is 4.79 Å². The third kappa shape index (κ3) is 5.58. The summed E-state index contributed by atoms with van der Waals surface area (Å²) in [5.41, 5.74) is 0.549. The quantitative estimate of drug-likeness (QED) is 0.888. The highest BCUT2D eigenvalue weighted by atomic mass is 16.6. The van der Waals surface area contributed by atoms with E-state index >= 15 is 0 Å². The summed E-state index contributed by atoms with van der Waals surface area (Å²) >= 11 is 0. The number of nitrogens with zero attached hydrogens (tertiary/aromatic N) is 2. The molecule has 7 heteroatoms. The van der Waals surface area contributed by atoms with Crippen molar-refractivity contribution in [3.63, 3.8) is 0 Å². The number of amides is 2. The molecule has 1 aliphatic heterocycles. The molecule has 0 aromatic carbocycles. The molecule has 128 valence electrons. The van der Waals surface area contributed by atoms with Crippen molar-refractivity contribution in [2.45, 2.75) is 51.6 Å². The van der Waals surface area contributed by atoms with E-state index < -0.39 is 11.7 Å². The molecule has 23 heavy (non-hydrogen) atoms. The van der Waals surface area contributed by atoms with Gasteiger partial charge in [-0.3, -0.25) is 9.89 Å². The van der Waals surface area contributed by atoms with Gasteiger partial charge in [-0.1, -0.05) is 0 Å². The largest absolute Gasteiger partial charge is 0.444 e. The van der Waals surface area contributed by atoms with Gasteiger partial charge in [0.2, 0.25) is 5.91 Å². The lowest BCUT2D eigenvalue weighted by molar-refractivity contribution is -0.132. The van der Waals surface area contributed by atoms with Crippen molar-refractivity contribution in [3.8, 4) is 0 Å². The monoisotopic (exact) mass is 322 g/mol. The van der Waals surface area contributed by atoms with Crippen molar-refractivity contribution in [1.82, 2.24) is 20.4 Å². The fourth-order valence-electron chi connectivity index (χ4n) is 2.70. The number of hydrogen-bond donors (Lipinski definition) is 2. The first-order valence-electron chi connectivity index (χ1n) is 8.09. The molecule has 2 amide bonds. The van der Waals surface area contributed by atoms with Crippen molar-refractivity contribution >= 4 is 12.0 Å². The van der Waals surface area contributed by atoms with Gasteiger partial charge in [-0.15, -0.1) is 0 Å². The number of likely N-dealkylation sites (tertiary alicyclic amines) is 1. The number of ether oxygens (including phenoxy) is 1. The summed E-state index contributed by atoms with van der Waals surface area (Å²) in [7, 11) is 0. The number of aromatic nitrogens is 2. The third-order valence-electron chi connectivity index (χ3n) is 3.74. The fraction of sp³-hybridized carbons (Fsp3) is 0.688. The molecule has 0 radical (unpaired) electrons. The van der Waals surface area contributed by atoms with Crippen LogP contribution < -0.4 is 5.32 Å². The second-order valence-electron chi connectivity index (χ2n) is 6.87. The number of aromatic amines is 1. The predicted molar refractivity (Wildman–Crippen MR) is 86.0 cm³/mol. The normalized spacial score (nSPS) is 18.6. The summed E-state index contributed by atoms with van der Waals surface area (Å²) in [6.45, 7) is 7.19. The Morgan fingerprint density at radius 2 is 2.26 bits per heavy atom. The van der Waals surface area contributed by atoms with Gasteiger partial charge in [0.1, 0.15) is 5.60 Å². The van der Waals surface area contributed by atoms with E-state index in [0.29, 0.717) is 19.0 Å². The zero-order valence-electron chi connectivity index (χ0n) is 14.1. The summed E-state index contributed by atoms with van der Waals surface area (Å²) in [6, 6.07) is 1.96. The minimum atomic E-state index is -0.530. The van der Waals surface area contributed by atoms with Crippen LogP contribution in [0.2, 0.25) is 0 Å². The summed E-state index contributed by atoms with van der Waals surface area (Å²) in [5, 5.41) is 9.58. The van der Waals surface area contributed by atoms with Crippen LogP contribution in [0.5, 0.6) is 0 Å². The lowest BCUT2D eigenvalue weighted by Crippen LogP contribution is -2.41. The molecule has 2 N–H and O–H groups in total. The average Bonchev–Trinajstić information content (AvgIpc) is 2.99. The lowest BCUT2D eigenvalue weighted by atomic mass is 9.95. The summed E-state index contributed by atoms with van der Waals surface area (Å²) < 4.78 is 5.14. The van der Waals surface area contributed by atoms with Gasteiger partial charge < -0.3 is 15.0 Å². The van der Waals surface area contributed by atoms with Crippen LogP contribution >= 0.6 is 0 Å². The van der Waals surface area contributed by atoms with Crippen molar-refractivity contribution in [2.24, 2.45) is 0 Å². The number of hydrogen-bond acceptors (Lipinski definition) is 4. The van der Waals surface area contributed by atoms with Gasteiger partial charge in [0.05, 0.1) is 0 Å². The van der Waals surface area contributed by atoms with Gasteiger partial charge in [0.25, 0.3) is 0 Å². The molecular formula is C16H26N4O3. The molecular weight excluding hydrogens is 296 g/mol. The SMILES string of the molecule is CC(C)(C)OC(=O)NCCC(=O)N1CCC[C@H](c2ccn[nH]2)C1. The number of rotatable bonds is 4. The Morgan fingerprint density at radius 3 is 2.91 bits per heavy atom. The van der Waals surface area contributed by atoms with E-state index in [0.717, 1.165) is 25.1 Å². The number of piperidine rings is 1. The molecule has 1 atom stereocenters. The maximum Gasteiger partial charge on any atom is 0.407 e. The Kier molecular flexibility index (Phi) is 5.63. The summed E-state index contributed by atoms with van der Waals surface area (Å²) in [4.78, 5) is 25.7. The Morgan fingerprint density at radius 1 is 1.48 bits per heavy atom. The standard InChI is InChI=1S/C16H26N4O3/c1-16(2,3)23-15(22)17-8-7-14(21)20-10-4-5-12(11-20)13-6-9-18-19-13/h6,9,12H,4-5,7-8,10-11H2,1-3H3,(H,17,22)(H,18,19)/t12-/m0/s1. The minimum Gasteiger partial charge on any atom is -0.444 e. The maximum atomic E-state index is 12.3. The van der Waals surface area contributed by atoms with Crippen molar-refractivity contribution in [1.29, 1.82) is 0 Å². The van der Waals surface area contributed by atoms with Crippen LogP contribution in [0.3, 0.4) is 0 Å². The first kappa shape index (κ1) is 17.3. The maximum absolute atomic E-state index is 12.3. The van der Waals surface area contributed by atoms with Crippen LogP contribution in [0.1, 0.15) is 51.6 Å². The first-order chi connectivity index (χ1) is 10.8. The predicted octanol–water partition coefficient (Wildman–Crippen LogP) is 2.03. The molecule has 2 rings (SSSR count). The topological polar surface area (TPSA) is 87.3 Å². The Labute approximate surface area is 136 Å². The average molecular weight is 322 g/mol. The fourth-order valence-corrected chi connectivity index (χ4v) is 2.70. The highest BCUT2D eigenvalue weighted by Crippen LogP contribution is 2.25. The van der Waals surface area contributed by atoms with Gasteiger partial charge in [-0.25, -0.2) is 4.79 Å². The van der Waals surface area contributed by atoms with Gasteiger partial charge in [0.15, 0.2) is 0 Å². The van der Waals surface area contributed by atoms with Crippen LogP contribution in [0, 0.1) is 0 Å². The zero-order valence-corrected chi connectivity index (χ0v) is 14.1. The number of nitrogens with one attached hydrogen (secondary N) is 2.